The zero-order valence-electron chi connectivity index (χ0n) is 18.3. The molecule has 5 nitrogen and oxygen atoms in total. The van der Waals surface area contributed by atoms with Crippen LogP contribution in [0.25, 0.3) is 22.6 Å². The van der Waals surface area contributed by atoms with Crippen molar-refractivity contribution in [1.82, 2.24) is 15.1 Å². The smallest absolute Gasteiger partial charge is 0.254 e. The quantitative estimate of drug-likeness (QED) is 0.347. The van der Waals surface area contributed by atoms with E-state index in [1.165, 1.54) is 0 Å². The van der Waals surface area contributed by atoms with Gasteiger partial charge in [0.2, 0.25) is 11.8 Å². The summed E-state index contributed by atoms with van der Waals surface area (Å²) < 4.78 is 5.57. The SMILES string of the molecule is CCN(Cc1ccc(Cl)cc1)C(=O)c1ccc(-c2cc(-c3nnc(C)o3)ccc2C)cc1. The first-order valence-corrected chi connectivity index (χ1v) is 10.9. The van der Waals surface area contributed by atoms with Crippen LogP contribution in [-0.4, -0.2) is 27.5 Å². The summed E-state index contributed by atoms with van der Waals surface area (Å²) in [5.74, 6) is 1.03. The molecule has 4 aromatic rings. The van der Waals surface area contributed by atoms with Crippen LogP contribution in [0, 0.1) is 13.8 Å². The Hall–Kier alpha value is -3.44. The summed E-state index contributed by atoms with van der Waals surface area (Å²) in [6, 6.07) is 21.3. The molecule has 0 saturated carbocycles. The highest BCUT2D eigenvalue weighted by Gasteiger charge is 2.16. The van der Waals surface area contributed by atoms with Gasteiger partial charge in [0, 0.05) is 36.2 Å². The van der Waals surface area contributed by atoms with Crippen molar-refractivity contribution in [2.45, 2.75) is 27.3 Å². The minimum atomic E-state index is 0.000748. The van der Waals surface area contributed by atoms with Crippen LogP contribution in [0.1, 0.15) is 34.3 Å². The third-order valence-electron chi connectivity index (χ3n) is 5.41. The predicted molar refractivity (Wildman–Crippen MR) is 127 cm³/mol. The number of nitrogens with zero attached hydrogens (tertiary/aromatic N) is 3. The van der Waals surface area contributed by atoms with E-state index in [9.17, 15) is 4.79 Å². The van der Waals surface area contributed by atoms with Crippen molar-refractivity contribution >= 4 is 17.5 Å². The molecule has 6 heteroatoms. The molecule has 4 rings (SSSR count). The number of hydrogen-bond acceptors (Lipinski definition) is 4. The number of carbonyl (C=O) groups is 1. The second kappa shape index (κ2) is 9.37. The fourth-order valence-corrected chi connectivity index (χ4v) is 3.72. The Kier molecular flexibility index (Phi) is 6.37. The molecule has 0 radical (unpaired) electrons. The molecule has 0 atom stereocenters. The molecule has 0 aliphatic rings. The van der Waals surface area contributed by atoms with Crippen molar-refractivity contribution in [2.75, 3.05) is 6.54 Å². The summed E-state index contributed by atoms with van der Waals surface area (Å²) in [7, 11) is 0. The molecule has 0 saturated heterocycles. The average molecular weight is 446 g/mol. The topological polar surface area (TPSA) is 59.2 Å². The summed E-state index contributed by atoms with van der Waals surface area (Å²) in [6.45, 7) is 6.97. The number of rotatable bonds is 6. The van der Waals surface area contributed by atoms with Crippen LogP contribution in [0.3, 0.4) is 0 Å². The first kappa shape index (κ1) is 21.8. The van der Waals surface area contributed by atoms with E-state index in [1.54, 1.807) is 6.92 Å². The standard InChI is InChI=1S/C26H24ClN3O2/c1-4-30(16-19-6-13-23(27)14-7-19)26(31)21-11-9-20(10-12-21)24-15-22(8-5-17(24)2)25-29-28-18(3)32-25/h5-15H,4,16H2,1-3H3. The maximum Gasteiger partial charge on any atom is 0.254 e. The minimum absolute atomic E-state index is 0.000748. The van der Waals surface area contributed by atoms with E-state index in [-0.39, 0.29) is 5.91 Å². The van der Waals surface area contributed by atoms with E-state index in [2.05, 4.69) is 17.1 Å². The molecule has 32 heavy (non-hydrogen) atoms. The number of benzene rings is 3. The van der Waals surface area contributed by atoms with Gasteiger partial charge in [0.05, 0.1) is 0 Å². The fraction of sp³-hybridized carbons (Fsp3) is 0.192. The molecule has 0 spiro atoms. The molecule has 0 unspecified atom stereocenters. The van der Waals surface area contributed by atoms with Crippen LogP contribution in [0.5, 0.6) is 0 Å². The van der Waals surface area contributed by atoms with Crippen LogP contribution in [-0.2, 0) is 6.54 Å². The second-order valence-electron chi connectivity index (χ2n) is 7.68. The molecule has 1 aromatic heterocycles. The largest absolute Gasteiger partial charge is 0.421 e. The Bertz CT molecular complexity index is 1230. The van der Waals surface area contributed by atoms with Gasteiger partial charge < -0.3 is 9.32 Å². The molecule has 0 aliphatic carbocycles. The van der Waals surface area contributed by atoms with E-state index in [1.807, 2.05) is 78.6 Å². The molecular weight excluding hydrogens is 422 g/mol. The molecule has 0 fully saturated rings. The second-order valence-corrected chi connectivity index (χ2v) is 8.12. The van der Waals surface area contributed by atoms with Gasteiger partial charge in [-0.2, -0.15) is 0 Å². The molecule has 0 aliphatic heterocycles. The van der Waals surface area contributed by atoms with E-state index in [4.69, 9.17) is 16.0 Å². The summed E-state index contributed by atoms with van der Waals surface area (Å²) in [6.07, 6.45) is 0. The van der Waals surface area contributed by atoms with Gasteiger partial charge in [0.25, 0.3) is 5.91 Å². The van der Waals surface area contributed by atoms with E-state index < -0.39 is 0 Å². The van der Waals surface area contributed by atoms with Crippen LogP contribution in [0.15, 0.2) is 71.1 Å². The van der Waals surface area contributed by atoms with E-state index >= 15 is 0 Å². The zero-order chi connectivity index (χ0) is 22.7. The molecule has 3 aromatic carbocycles. The highest BCUT2D eigenvalue weighted by Crippen LogP contribution is 2.29. The van der Waals surface area contributed by atoms with Gasteiger partial charge in [0.15, 0.2) is 0 Å². The van der Waals surface area contributed by atoms with Crippen molar-refractivity contribution in [2.24, 2.45) is 0 Å². The maximum atomic E-state index is 13.1. The predicted octanol–water partition coefficient (Wildman–Crippen LogP) is 6.34. The molecule has 1 amide bonds. The zero-order valence-corrected chi connectivity index (χ0v) is 19.1. The Labute approximate surface area is 192 Å². The third-order valence-corrected chi connectivity index (χ3v) is 5.66. The van der Waals surface area contributed by atoms with Crippen LogP contribution in [0.4, 0.5) is 0 Å². The summed E-state index contributed by atoms with van der Waals surface area (Å²) in [5.41, 5.74) is 5.79. The van der Waals surface area contributed by atoms with Crippen molar-refractivity contribution in [1.29, 1.82) is 0 Å². The number of halogens is 1. The van der Waals surface area contributed by atoms with Gasteiger partial charge in [-0.1, -0.05) is 41.9 Å². The van der Waals surface area contributed by atoms with Gasteiger partial charge in [-0.3, -0.25) is 4.79 Å². The Balaban J connectivity index is 1.56. The Morgan fingerprint density at radius 1 is 0.938 bits per heavy atom. The lowest BCUT2D eigenvalue weighted by atomic mass is 9.97. The van der Waals surface area contributed by atoms with Crippen molar-refractivity contribution in [3.63, 3.8) is 0 Å². The monoisotopic (exact) mass is 445 g/mol. The lowest BCUT2D eigenvalue weighted by molar-refractivity contribution is 0.0752. The van der Waals surface area contributed by atoms with Crippen molar-refractivity contribution in [3.8, 4) is 22.6 Å². The van der Waals surface area contributed by atoms with Crippen LogP contribution in [0.2, 0.25) is 5.02 Å². The highest BCUT2D eigenvalue weighted by atomic mass is 35.5. The summed E-state index contributed by atoms with van der Waals surface area (Å²) in [4.78, 5) is 14.9. The van der Waals surface area contributed by atoms with Crippen molar-refractivity contribution in [3.05, 3.63) is 94.3 Å². The summed E-state index contributed by atoms with van der Waals surface area (Å²) >= 11 is 5.97. The maximum absolute atomic E-state index is 13.1. The first-order valence-electron chi connectivity index (χ1n) is 10.5. The van der Waals surface area contributed by atoms with Gasteiger partial charge >= 0.3 is 0 Å². The lowest BCUT2D eigenvalue weighted by Gasteiger charge is -2.21. The van der Waals surface area contributed by atoms with Crippen molar-refractivity contribution < 1.29 is 9.21 Å². The first-order chi connectivity index (χ1) is 15.4. The van der Waals surface area contributed by atoms with E-state index in [0.29, 0.717) is 35.5 Å². The van der Waals surface area contributed by atoms with Gasteiger partial charge in [-0.05, 0) is 72.5 Å². The minimum Gasteiger partial charge on any atom is -0.421 e. The number of hydrogen-bond donors (Lipinski definition) is 0. The molecule has 1 heterocycles. The number of aromatic nitrogens is 2. The molecule has 162 valence electrons. The Morgan fingerprint density at radius 3 is 2.25 bits per heavy atom. The normalized spacial score (nSPS) is 10.9. The van der Waals surface area contributed by atoms with Gasteiger partial charge in [-0.25, -0.2) is 0 Å². The highest BCUT2D eigenvalue weighted by molar-refractivity contribution is 6.30. The summed E-state index contributed by atoms with van der Waals surface area (Å²) in [5, 5.41) is 8.71. The molecule has 0 bridgehead atoms. The molecule has 0 N–H and O–H groups in total. The van der Waals surface area contributed by atoms with Crippen LogP contribution < -0.4 is 0 Å². The van der Waals surface area contributed by atoms with Crippen LogP contribution >= 0.6 is 11.6 Å². The molecular formula is C26H24ClN3O2. The average Bonchev–Trinajstić information content (AvgIpc) is 3.25. The van der Waals surface area contributed by atoms with Gasteiger partial charge in [0.1, 0.15) is 0 Å². The lowest BCUT2D eigenvalue weighted by Crippen LogP contribution is -2.30. The number of amides is 1. The number of aryl methyl sites for hydroxylation is 2. The Morgan fingerprint density at radius 2 is 1.62 bits per heavy atom. The van der Waals surface area contributed by atoms with E-state index in [0.717, 1.165) is 27.8 Å². The number of carbonyl (C=O) groups excluding carboxylic acids is 1. The van der Waals surface area contributed by atoms with Gasteiger partial charge in [-0.15, -0.1) is 10.2 Å². The third kappa shape index (κ3) is 4.73. The fourth-order valence-electron chi connectivity index (χ4n) is 3.59.